The van der Waals surface area contributed by atoms with Gasteiger partial charge >= 0.3 is 6.09 Å². The molecule has 0 saturated carbocycles. The molecule has 1 atom stereocenters. The number of nitrogens with zero attached hydrogens (tertiary/aromatic N) is 1. The highest BCUT2D eigenvalue weighted by Gasteiger charge is 2.37. The van der Waals surface area contributed by atoms with Gasteiger partial charge in [0.15, 0.2) is 0 Å². The summed E-state index contributed by atoms with van der Waals surface area (Å²) in [5.74, 6) is -0.406. The molecule has 1 aliphatic rings. The molecule has 0 spiro atoms. The molecule has 1 aliphatic heterocycles. The predicted octanol–water partition coefficient (Wildman–Crippen LogP) is 4.07. The average Bonchev–Trinajstić information content (AvgIpc) is 2.96. The molecule has 4 nitrogen and oxygen atoms in total. The van der Waals surface area contributed by atoms with Crippen molar-refractivity contribution in [1.82, 2.24) is 4.90 Å². The van der Waals surface area contributed by atoms with Crippen LogP contribution in [0, 0.1) is 0 Å². The highest BCUT2D eigenvalue weighted by molar-refractivity contribution is 6.30. The van der Waals surface area contributed by atoms with Crippen LogP contribution in [-0.4, -0.2) is 23.5 Å². The van der Waals surface area contributed by atoms with E-state index in [9.17, 15) is 9.59 Å². The second kappa shape index (κ2) is 6.67. The minimum atomic E-state index is -0.621. The van der Waals surface area contributed by atoms with E-state index in [1.807, 2.05) is 30.3 Å². The Morgan fingerprint density at radius 3 is 2.52 bits per heavy atom. The number of ether oxygens (including phenoxy) is 1. The van der Waals surface area contributed by atoms with Crippen LogP contribution in [0.4, 0.5) is 4.79 Å². The minimum Gasteiger partial charge on any atom is -0.446 e. The van der Waals surface area contributed by atoms with Gasteiger partial charge in [0.05, 0.1) is 0 Å². The third kappa shape index (κ3) is 3.43. The standard InChI is InChI=1S/C18H14ClNO3/c19-15-9-6-13(7-10-15)8-11-17(21)20-16(12-23-18(20)22)14-4-2-1-3-5-14/h1-11,16H,12H2. The molecule has 1 fully saturated rings. The summed E-state index contributed by atoms with van der Waals surface area (Å²) < 4.78 is 5.04. The molecule has 1 unspecified atom stereocenters. The Bertz CT molecular complexity index is 741. The number of imide groups is 1. The van der Waals surface area contributed by atoms with Crippen molar-refractivity contribution in [2.45, 2.75) is 6.04 Å². The number of hydrogen-bond acceptors (Lipinski definition) is 3. The maximum Gasteiger partial charge on any atom is 0.417 e. The molecular formula is C18H14ClNO3. The van der Waals surface area contributed by atoms with Gasteiger partial charge in [0, 0.05) is 11.1 Å². The first-order valence-corrected chi connectivity index (χ1v) is 7.51. The third-order valence-corrected chi connectivity index (χ3v) is 3.84. The largest absolute Gasteiger partial charge is 0.446 e. The molecule has 0 aliphatic carbocycles. The van der Waals surface area contributed by atoms with Crippen LogP contribution in [0.5, 0.6) is 0 Å². The van der Waals surface area contributed by atoms with E-state index in [0.29, 0.717) is 5.02 Å². The zero-order valence-corrected chi connectivity index (χ0v) is 12.9. The number of halogens is 1. The van der Waals surface area contributed by atoms with E-state index in [-0.39, 0.29) is 6.61 Å². The molecule has 1 saturated heterocycles. The first-order chi connectivity index (χ1) is 11.1. The topological polar surface area (TPSA) is 46.6 Å². The number of rotatable bonds is 3. The van der Waals surface area contributed by atoms with E-state index in [1.165, 1.54) is 6.08 Å². The number of carbonyl (C=O) groups is 2. The Morgan fingerprint density at radius 2 is 1.83 bits per heavy atom. The predicted molar refractivity (Wildman–Crippen MR) is 87.9 cm³/mol. The minimum absolute atomic E-state index is 0.170. The van der Waals surface area contributed by atoms with Crippen LogP contribution in [0.1, 0.15) is 17.2 Å². The van der Waals surface area contributed by atoms with Crippen LogP contribution in [0.2, 0.25) is 5.02 Å². The number of amides is 2. The number of cyclic esters (lactones) is 1. The van der Waals surface area contributed by atoms with Gasteiger partial charge < -0.3 is 4.74 Å². The van der Waals surface area contributed by atoms with Crippen molar-refractivity contribution in [1.29, 1.82) is 0 Å². The lowest BCUT2D eigenvalue weighted by molar-refractivity contribution is -0.124. The molecular weight excluding hydrogens is 314 g/mol. The first-order valence-electron chi connectivity index (χ1n) is 7.14. The molecule has 0 bridgehead atoms. The first kappa shape index (κ1) is 15.3. The molecule has 3 rings (SSSR count). The Labute approximate surface area is 138 Å². The lowest BCUT2D eigenvalue weighted by Gasteiger charge is -2.18. The quantitative estimate of drug-likeness (QED) is 0.798. The Kier molecular flexibility index (Phi) is 4.44. The summed E-state index contributed by atoms with van der Waals surface area (Å²) in [6.07, 6.45) is 2.39. The summed E-state index contributed by atoms with van der Waals surface area (Å²) in [5, 5.41) is 0.626. The van der Waals surface area contributed by atoms with Gasteiger partial charge in [-0.05, 0) is 29.3 Å². The molecule has 2 aromatic rings. The second-order valence-corrected chi connectivity index (χ2v) is 5.53. The Balaban J connectivity index is 1.79. The normalized spacial score (nSPS) is 17.5. The van der Waals surface area contributed by atoms with Crippen LogP contribution >= 0.6 is 11.6 Å². The summed E-state index contributed by atoms with van der Waals surface area (Å²) in [6.45, 7) is 0.170. The van der Waals surface area contributed by atoms with Crippen LogP contribution in [0.15, 0.2) is 60.7 Å². The monoisotopic (exact) mass is 327 g/mol. The van der Waals surface area contributed by atoms with Crippen LogP contribution < -0.4 is 0 Å². The molecule has 0 radical (unpaired) electrons. The van der Waals surface area contributed by atoms with Gasteiger partial charge in [-0.15, -0.1) is 0 Å². The molecule has 116 valence electrons. The van der Waals surface area contributed by atoms with Crippen molar-refractivity contribution in [3.8, 4) is 0 Å². The van der Waals surface area contributed by atoms with Crippen molar-refractivity contribution in [3.05, 3.63) is 76.8 Å². The molecule has 23 heavy (non-hydrogen) atoms. The molecule has 2 aromatic carbocycles. The molecule has 0 N–H and O–H groups in total. The second-order valence-electron chi connectivity index (χ2n) is 5.10. The highest BCUT2D eigenvalue weighted by Crippen LogP contribution is 2.28. The summed E-state index contributed by atoms with van der Waals surface area (Å²) in [4.78, 5) is 25.4. The fourth-order valence-electron chi connectivity index (χ4n) is 2.41. The van der Waals surface area contributed by atoms with E-state index >= 15 is 0 Å². The molecule has 5 heteroatoms. The highest BCUT2D eigenvalue weighted by atomic mass is 35.5. The van der Waals surface area contributed by atoms with Crippen molar-refractivity contribution in [2.75, 3.05) is 6.61 Å². The van der Waals surface area contributed by atoms with Gasteiger partial charge in [0.2, 0.25) is 0 Å². The van der Waals surface area contributed by atoms with Crippen molar-refractivity contribution >= 4 is 29.7 Å². The maximum absolute atomic E-state index is 12.4. The molecule has 0 aromatic heterocycles. The van der Waals surface area contributed by atoms with Gasteiger partial charge in [0.1, 0.15) is 12.6 Å². The lowest BCUT2D eigenvalue weighted by Crippen LogP contribution is -2.32. The van der Waals surface area contributed by atoms with E-state index in [2.05, 4.69) is 0 Å². The van der Waals surface area contributed by atoms with Gasteiger partial charge in [-0.2, -0.15) is 0 Å². The third-order valence-electron chi connectivity index (χ3n) is 3.58. The fourth-order valence-corrected chi connectivity index (χ4v) is 2.53. The number of benzene rings is 2. The Morgan fingerprint density at radius 1 is 1.13 bits per heavy atom. The van der Waals surface area contributed by atoms with Gasteiger partial charge in [-0.25, -0.2) is 9.69 Å². The van der Waals surface area contributed by atoms with E-state index in [1.54, 1.807) is 30.3 Å². The van der Waals surface area contributed by atoms with Crippen molar-refractivity contribution in [3.63, 3.8) is 0 Å². The fraction of sp³-hybridized carbons (Fsp3) is 0.111. The van der Waals surface area contributed by atoms with Crippen molar-refractivity contribution in [2.24, 2.45) is 0 Å². The maximum atomic E-state index is 12.4. The zero-order valence-electron chi connectivity index (χ0n) is 12.2. The van der Waals surface area contributed by atoms with Crippen molar-refractivity contribution < 1.29 is 14.3 Å². The number of carbonyl (C=O) groups excluding carboxylic acids is 2. The summed E-state index contributed by atoms with van der Waals surface area (Å²) in [5.41, 5.74) is 1.69. The molecule has 2 amide bonds. The van der Waals surface area contributed by atoms with Gasteiger partial charge in [-0.3, -0.25) is 4.79 Å². The van der Waals surface area contributed by atoms with Crippen LogP contribution in [0.3, 0.4) is 0 Å². The summed E-state index contributed by atoms with van der Waals surface area (Å²) in [7, 11) is 0. The summed E-state index contributed by atoms with van der Waals surface area (Å²) >= 11 is 5.82. The Hall–Kier alpha value is -2.59. The number of hydrogen-bond donors (Lipinski definition) is 0. The lowest BCUT2D eigenvalue weighted by atomic mass is 10.1. The SMILES string of the molecule is O=C(C=Cc1ccc(Cl)cc1)N1C(=O)OCC1c1ccccc1. The summed E-state index contributed by atoms with van der Waals surface area (Å²) in [6, 6.07) is 16.0. The van der Waals surface area contributed by atoms with E-state index in [4.69, 9.17) is 16.3 Å². The van der Waals surface area contributed by atoms with E-state index < -0.39 is 18.0 Å². The van der Waals surface area contributed by atoms with Crippen LogP contribution in [0.25, 0.3) is 6.08 Å². The zero-order chi connectivity index (χ0) is 16.2. The van der Waals surface area contributed by atoms with E-state index in [0.717, 1.165) is 16.0 Å². The van der Waals surface area contributed by atoms with Gasteiger partial charge in [0.25, 0.3) is 5.91 Å². The smallest absolute Gasteiger partial charge is 0.417 e. The van der Waals surface area contributed by atoms with Crippen LogP contribution in [-0.2, 0) is 9.53 Å². The van der Waals surface area contributed by atoms with Gasteiger partial charge in [-0.1, -0.05) is 54.1 Å². The average molecular weight is 328 g/mol. The molecule has 1 heterocycles.